The van der Waals surface area contributed by atoms with Crippen LogP contribution in [0.2, 0.25) is 10.0 Å². The molecular weight excluding hydrogens is 357 g/mol. The first-order valence-electron chi connectivity index (χ1n) is 7.50. The lowest BCUT2D eigenvalue weighted by molar-refractivity contribution is 0.102. The maximum absolute atomic E-state index is 12.4. The third kappa shape index (κ3) is 4.27. The number of amides is 1. The highest BCUT2D eigenvalue weighted by Crippen LogP contribution is 2.20. The minimum absolute atomic E-state index is 0.0694. The fourth-order valence-corrected chi connectivity index (χ4v) is 2.88. The molecule has 0 saturated heterocycles. The average Bonchev–Trinajstić information content (AvgIpc) is 2.61. The van der Waals surface area contributed by atoms with Gasteiger partial charge >= 0.3 is 0 Å². The zero-order valence-corrected chi connectivity index (χ0v) is 14.5. The SMILES string of the molecule is O=C(Nc1ccc(C(=O)c2ccccc2)cc1)c1cc(Cl)cc(Cl)c1. The minimum Gasteiger partial charge on any atom is -0.322 e. The van der Waals surface area contributed by atoms with Gasteiger partial charge in [0, 0.05) is 32.4 Å². The normalized spacial score (nSPS) is 10.3. The molecule has 124 valence electrons. The van der Waals surface area contributed by atoms with Crippen LogP contribution in [0, 0.1) is 0 Å². The van der Waals surface area contributed by atoms with E-state index in [2.05, 4.69) is 5.32 Å². The molecule has 1 amide bonds. The van der Waals surface area contributed by atoms with E-state index in [1.807, 2.05) is 18.2 Å². The molecule has 25 heavy (non-hydrogen) atoms. The number of ketones is 1. The summed E-state index contributed by atoms with van der Waals surface area (Å²) in [6, 6.07) is 20.4. The topological polar surface area (TPSA) is 46.2 Å². The van der Waals surface area contributed by atoms with Crippen LogP contribution in [0.3, 0.4) is 0 Å². The summed E-state index contributed by atoms with van der Waals surface area (Å²) >= 11 is 11.8. The second kappa shape index (κ2) is 7.51. The standard InChI is InChI=1S/C20H13Cl2NO2/c21-16-10-15(11-17(22)12-16)20(25)23-18-8-6-14(7-9-18)19(24)13-4-2-1-3-5-13/h1-12H,(H,23,25). The molecule has 0 aliphatic heterocycles. The van der Waals surface area contributed by atoms with Crippen molar-refractivity contribution in [2.75, 3.05) is 5.32 Å². The van der Waals surface area contributed by atoms with E-state index in [0.29, 0.717) is 32.4 Å². The Morgan fingerprint density at radius 2 is 1.24 bits per heavy atom. The van der Waals surface area contributed by atoms with Crippen molar-refractivity contribution in [1.29, 1.82) is 0 Å². The number of rotatable bonds is 4. The molecule has 0 saturated carbocycles. The zero-order chi connectivity index (χ0) is 17.8. The fourth-order valence-electron chi connectivity index (χ4n) is 2.35. The first-order valence-corrected chi connectivity index (χ1v) is 8.26. The maximum Gasteiger partial charge on any atom is 0.255 e. The van der Waals surface area contributed by atoms with Crippen molar-refractivity contribution in [2.45, 2.75) is 0 Å². The zero-order valence-electron chi connectivity index (χ0n) is 13.0. The summed E-state index contributed by atoms with van der Waals surface area (Å²) in [5, 5.41) is 3.53. The monoisotopic (exact) mass is 369 g/mol. The molecule has 0 aliphatic rings. The second-order valence-corrected chi connectivity index (χ2v) is 6.26. The molecule has 5 heteroatoms. The second-order valence-electron chi connectivity index (χ2n) is 5.38. The fraction of sp³-hybridized carbons (Fsp3) is 0. The van der Waals surface area contributed by atoms with Gasteiger partial charge in [0.05, 0.1) is 0 Å². The molecular formula is C20H13Cl2NO2. The smallest absolute Gasteiger partial charge is 0.255 e. The number of benzene rings is 3. The number of hydrogen-bond donors (Lipinski definition) is 1. The van der Waals surface area contributed by atoms with Crippen molar-refractivity contribution in [1.82, 2.24) is 0 Å². The van der Waals surface area contributed by atoms with Gasteiger partial charge in [-0.25, -0.2) is 0 Å². The first kappa shape index (κ1) is 17.2. The Balaban J connectivity index is 1.74. The Bertz CT molecular complexity index is 902. The van der Waals surface area contributed by atoms with E-state index >= 15 is 0 Å². The summed E-state index contributed by atoms with van der Waals surface area (Å²) in [5.74, 6) is -0.397. The van der Waals surface area contributed by atoms with E-state index < -0.39 is 0 Å². The van der Waals surface area contributed by atoms with E-state index in [1.54, 1.807) is 42.5 Å². The van der Waals surface area contributed by atoms with Crippen LogP contribution in [-0.4, -0.2) is 11.7 Å². The minimum atomic E-state index is -0.327. The molecule has 3 aromatic rings. The van der Waals surface area contributed by atoms with Crippen molar-refractivity contribution in [2.24, 2.45) is 0 Å². The van der Waals surface area contributed by atoms with Gasteiger partial charge in [-0.1, -0.05) is 53.5 Å². The molecule has 0 heterocycles. The summed E-state index contributed by atoms with van der Waals surface area (Å²) in [6.07, 6.45) is 0. The number of anilines is 1. The molecule has 0 atom stereocenters. The van der Waals surface area contributed by atoms with Gasteiger partial charge < -0.3 is 5.32 Å². The number of nitrogens with one attached hydrogen (secondary N) is 1. The highest BCUT2D eigenvalue weighted by atomic mass is 35.5. The maximum atomic E-state index is 12.4. The van der Waals surface area contributed by atoms with Crippen LogP contribution in [0.5, 0.6) is 0 Å². The Kier molecular flexibility index (Phi) is 5.17. The highest BCUT2D eigenvalue weighted by Gasteiger charge is 2.11. The van der Waals surface area contributed by atoms with E-state index in [0.717, 1.165) is 0 Å². The van der Waals surface area contributed by atoms with Gasteiger partial charge in [0.1, 0.15) is 0 Å². The van der Waals surface area contributed by atoms with Gasteiger partial charge in [-0.2, -0.15) is 0 Å². The third-order valence-corrected chi connectivity index (χ3v) is 4.00. The quantitative estimate of drug-likeness (QED) is 0.619. The van der Waals surface area contributed by atoms with Crippen LogP contribution in [0.1, 0.15) is 26.3 Å². The molecule has 0 fully saturated rings. The predicted octanol–water partition coefficient (Wildman–Crippen LogP) is 5.48. The van der Waals surface area contributed by atoms with Crippen LogP contribution in [-0.2, 0) is 0 Å². The summed E-state index contributed by atoms with van der Waals surface area (Å²) in [5.41, 5.74) is 2.11. The molecule has 1 N–H and O–H groups in total. The average molecular weight is 370 g/mol. The van der Waals surface area contributed by atoms with Crippen molar-refractivity contribution in [3.63, 3.8) is 0 Å². The molecule has 0 unspecified atom stereocenters. The van der Waals surface area contributed by atoms with Crippen LogP contribution < -0.4 is 5.32 Å². The van der Waals surface area contributed by atoms with E-state index in [-0.39, 0.29) is 11.7 Å². The lowest BCUT2D eigenvalue weighted by Crippen LogP contribution is -2.12. The Hall–Kier alpha value is -2.62. The Labute approximate surface area is 155 Å². The van der Waals surface area contributed by atoms with Crippen LogP contribution in [0.25, 0.3) is 0 Å². The summed E-state index contributed by atoms with van der Waals surface area (Å²) in [6.45, 7) is 0. The van der Waals surface area contributed by atoms with Gasteiger partial charge in [0.15, 0.2) is 5.78 Å². The van der Waals surface area contributed by atoms with Crippen molar-refractivity contribution in [3.8, 4) is 0 Å². The van der Waals surface area contributed by atoms with Crippen LogP contribution in [0.15, 0.2) is 72.8 Å². The lowest BCUT2D eigenvalue weighted by Gasteiger charge is -2.07. The van der Waals surface area contributed by atoms with Gasteiger partial charge in [-0.15, -0.1) is 0 Å². The predicted molar refractivity (Wildman–Crippen MR) is 101 cm³/mol. The van der Waals surface area contributed by atoms with Gasteiger partial charge in [-0.3, -0.25) is 9.59 Å². The molecule has 0 aliphatic carbocycles. The number of carbonyl (C=O) groups is 2. The Morgan fingerprint density at radius 3 is 1.84 bits per heavy atom. The van der Waals surface area contributed by atoms with Gasteiger partial charge in [-0.05, 0) is 42.5 Å². The van der Waals surface area contributed by atoms with Gasteiger partial charge in [0.2, 0.25) is 0 Å². The lowest BCUT2D eigenvalue weighted by atomic mass is 10.0. The van der Waals surface area contributed by atoms with Gasteiger partial charge in [0.25, 0.3) is 5.91 Å². The summed E-state index contributed by atoms with van der Waals surface area (Å²) in [7, 11) is 0. The molecule has 0 radical (unpaired) electrons. The van der Waals surface area contributed by atoms with E-state index in [4.69, 9.17) is 23.2 Å². The molecule has 3 aromatic carbocycles. The molecule has 0 aromatic heterocycles. The summed E-state index contributed by atoms with van der Waals surface area (Å²) in [4.78, 5) is 24.6. The number of halogens is 2. The van der Waals surface area contributed by atoms with Crippen molar-refractivity contribution >= 4 is 40.6 Å². The van der Waals surface area contributed by atoms with Crippen LogP contribution >= 0.6 is 23.2 Å². The highest BCUT2D eigenvalue weighted by molar-refractivity contribution is 6.35. The number of hydrogen-bond acceptors (Lipinski definition) is 2. The van der Waals surface area contributed by atoms with E-state index in [1.165, 1.54) is 12.1 Å². The molecule has 0 spiro atoms. The van der Waals surface area contributed by atoms with Crippen molar-refractivity contribution < 1.29 is 9.59 Å². The summed E-state index contributed by atoms with van der Waals surface area (Å²) < 4.78 is 0. The molecule has 3 rings (SSSR count). The molecule has 0 bridgehead atoms. The largest absolute Gasteiger partial charge is 0.322 e. The van der Waals surface area contributed by atoms with E-state index in [9.17, 15) is 9.59 Å². The third-order valence-electron chi connectivity index (χ3n) is 3.57. The molecule has 3 nitrogen and oxygen atoms in total. The van der Waals surface area contributed by atoms with Crippen molar-refractivity contribution in [3.05, 3.63) is 99.5 Å². The number of carbonyl (C=O) groups excluding carboxylic acids is 2. The van der Waals surface area contributed by atoms with Crippen LogP contribution in [0.4, 0.5) is 5.69 Å². The first-order chi connectivity index (χ1) is 12.0. The Morgan fingerprint density at radius 1 is 0.680 bits per heavy atom.